The number of nitrogens with zero attached hydrogens (tertiary/aromatic N) is 1. The molecule has 28 heavy (non-hydrogen) atoms. The van der Waals surface area contributed by atoms with Gasteiger partial charge >= 0.3 is 0 Å². The van der Waals surface area contributed by atoms with Gasteiger partial charge in [0.05, 0.1) is 22.8 Å². The highest BCUT2D eigenvalue weighted by Crippen LogP contribution is 2.31. The van der Waals surface area contributed by atoms with Gasteiger partial charge in [-0.1, -0.05) is 24.3 Å². The highest BCUT2D eigenvalue weighted by molar-refractivity contribution is 6.02. The van der Waals surface area contributed by atoms with Crippen LogP contribution in [0.2, 0.25) is 0 Å². The van der Waals surface area contributed by atoms with Gasteiger partial charge in [-0.25, -0.2) is 0 Å². The van der Waals surface area contributed by atoms with Gasteiger partial charge in [0.15, 0.2) is 0 Å². The van der Waals surface area contributed by atoms with Crippen LogP contribution in [0.15, 0.2) is 71.2 Å². The number of furan rings is 1. The van der Waals surface area contributed by atoms with Crippen LogP contribution in [0, 0.1) is 10.1 Å². The summed E-state index contributed by atoms with van der Waals surface area (Å²) < 4.78 is 11.1. The van der Waals surface area contributed by atoms with Gasteiger partial charge in [-0.2, -0.15) is 0 Å². The highest BCUT2D eigenvalue weighted by atomic mass is 16.6. The lowest BCUT2D eigenvalue weighted by Crippen LogP contribution is -2.09. The van der Waals surface area contributed by atoms with Gasteiger partial charge in [0.25, 0.3) is 5.69 Å². The highest BCUT2D eigenvalue weighted by Gasteiger charge is 2.16. The molecule has 0 aliphatic heterocycles. The second-order valence-corrected chi connectivity index (χ2v) is 5.73. The first-order valence-corrected chi connectivity index (χ1v) is 8.63. The van der Waals surface area contributed by atoms with Crippen molar-refractivity contribution in [2.45, 2.75) is 6.92 Å². The predicted molar refractivity (Wildman–Crippen MR) is 106 cm³/mol. The molecule has 142 valence electrons. The maximum Gasteiger partial charge on any atom is 0.280 e. The van der Waals surface area contributed by atoms with Crippen LogP contribution in [0.4, 0.5) is 11.4 Å². The van der Waals surface area contributed by atoms with Gasteiger partial charge in [0.2, 0.25) is 5.91 Å². The van der Waals surface area contributed by atoms with E-state index in [4.69, 9.17) is 9.15 Å². The van der Waals surface area contributed by atoms with E-state index in [1.807, 2.05) is 13.0 Å². The van der Waals surface area contributed by atoms with Gasteiger partial charge in [-0.3, -0.25) is 14.9 Å². The molecule has 0 bridgehead atoms. The van der Waals surface area contributed by atoms with Crippen LogP contribution in [-0.2, 0) is 4.79 Å². The lowest BCUT2D eigenvalue weighted by Gasteiger charge is -2.09. The number of hydrogen-bond donors (Lipinski definition) is 1. The number of anilines is 1. The smallest absolute Gasteiger partial charge is 0.280 e. The largest absolute Gasteiger partial charge is 0.492 e. The van der Waals surface area contributed by atoms with Crippen LogP contribution < -0.4 is 10.1 Å². The molecular formula is C21H18N2O5. The molecule has 2 aromatic carbocycles. The lowest BCUT2D eigenvalue weighted by atomic mass is 10.1. The molecule has 1 amide bonds. The Balaban J connectivity index is 1.73. The summed E-state index contributed by atoms with van der Waals surface area (Å²) in [4.78, 5) is 22.9. The zero-order valence-corrected chi connectivity index (χ0v) is 15.1. The summed E-state index contributed by atoms with van der Waals surface area (Å²) in [5.41, 5.74) is 0.902. The summed E-state index contributed by atoms with van der Waals surface area (Å²) in [5.74, 6) is 0.995. The molecule has 0 radical (unpaired) electrons. The minimum atomic E-state index is -0.462. The number of nitro benzene ring substituents is 1. The fourth-order valence-electron chi connectivity index (χ4n) is 2.61. The third-order valence-corrected chi connectivity index (χ3v) is 3.84. The molecule has 3 rings (SSSR count). The first-order chi connectivity index (χ1) is 13.6. The molecule has 0 saturated carbocycles. The van der Waals surface area contributed by atoms with E-state index in [1.165, 1.54) is 18.2 Å². The number of carbonyl (C=O) groups excluding carboxylic acids is 1. The van der Waals surface area contributed by atoms with Crippen molar-refractivity contribution in [3.63, 3.8) is 0 Å². The molecule has 1 heterocycles. The Kier molecular flexibility index (Phi) is 5.86. The second-order valence-electron chi connectivity index (χ2n) is 5.73. The predicted octanol–water partition coefficient (Wildman–Crippen LogP) is 4.91. The molecule has 0 atom stereocenters. The van der Waals surface area contributed by atoms with E-state index < -0.39 is 4.92 Å². The number of benzene rings is 2. The Bertz CT molecular complexity index is 1020. The Hall–Kier alpha value is -3.87. The number of nitro groups is 1. The second kappa shape index (κ2) is 8.68. The number of para-hydroxylation sites is 3. The maximum atomic E-state index is 12.2. The summed E-state index contributed by atoms with van der Waals surface area (Å²) >= 11 is 0. The minimum absolute atomic E-state index is 0.0438. The molecule has 3 aromatic rings. The monoisotopic (exact) mass is 378 g/mol. The van der Waals surface area contributed by atoms with Crippen molar-refractivity contribution in [2.24, 2.45) is 0 Å². The number of carbonyl (C=O) groups is 1. The fraction of sp³-hybridized carbons (Fsp3) is 0.0952. The van der Waals surface area contributed by atoms with Gasteiger partial charge in [0, 0.05) is 12.1 Å². The van der Waals surface area contributed by atoms with Crippen molar-refractivity contribution in [1.82, 2.24) is 0 Å². The first kappa shape index (κ1) is 18.9. The van der Waals surface area contributed by atoms with Gasteiger partial charge in [-0.05, 0) is 43.3 Å². The summed E-state index contributed by atoms with van der Waals surface area (Å²) in [6.07, 6.45) is 2.82. The molecule has 1 aromatic heterocycles. The Morgan fingerprint density at radius 3 is 2.68 bits per heavy atom. The molecule has 0 saturated heterocycles. The zero-order chi connectivity index (χ0) is 19.9. The van der Waals surface area contributed by atoms with Crippen molar-refractivity contribution >= 4 is 23.4 Å². The molecule has 0 fully saturated rings. The fourth-order valence-corrected chi connectivity index (χ4v) is 2.61. The average molecular weight is 378 g/mol. The van der Waals surface area contributed by atoms with Crippen LogP contribution in [0.5, 0.6) is 5.75 Å². The molecule has 1 N–H and O–H groups in total. The van der Waals surface area contributed by atoms with Crippen molar-refractivity contribution in [3.05, 3.63) is 82.6 Å². The third-order valence-electron chi connectivity index (χ3n) is 3.84. The molecule has 0 aliphatic carbocycles. The van der Waals surface area contributed by atoms with E-state index in [2.05, 4.69) is 5.32 Å². The van der Waals surface area contributed by atoms with Gasteiger partial charge < -0.3 is 14.5 Å². The molecule has 7 heteroatoms. The topological polar surface area (TPSA) is 94.6 Å². The van der Waals surface area contributed by atoms with E-state index >= 15 is 0 Å². The zero-order valence-electron chi connectivity index (χ0n) is 15.1. The number of rotatable bonds is 7. The summed E-state index contributed by atoms with van der Waals surface area (Å²) in [6.45, 7) is 2.35. The third kappa shape index (κ3) is 4.45. The van der Waals surface area contributed by atoms with Crippen molar-refractivity contribution in [2.75, 3.05) is 11.9 Å². The van der Waals surface area contributed by atoms with Crippen molar-refractivity contribution in [1.29, 1.82) is 0 Å². The van der Waals surface area contributed by atoms with E-state index in [9.17, 15) is 14.9 Å². The quantitative estimate of drug-likeness (QED) is 0.358. The van der Waals surface area contributed by atoms with Crippen LogP contribution in [0.3, 0.4) is 0 Å². The molecule has 0 unspecified atom stereocenters. The normalized spacial score (nSPS) is 10.8. The van der Waals surface area contributed by atoms with Crippen molar-refractivity contribution < 1.29 is 18.9 Å². The van der Waals surface area contributed by atoms with Crippen LogP contribution in [0.1, 0.15) is 12.7 Å². The van der Waals surface area contributed by atoms with Gasteiger partial charge in [-0.15, -0.1) is 0 Å². The van der Waals surface area contributed by atoms with Gasteiger partial charge in [0.1, 0.15) is 17.3 Å². The van der Waals surface area contributed by atoms with Crippen LogP contribution >= 0.6 is 0 Å². The Morgan fingerprint density at radius 1 is 1.14 bits per heavy atom. The van der Waals surface area contributed by atoms with Crippen molar-refractivity contribution in [3.8, 4) is 17.1 Å². The summed E-state index contributed by atoms with van der Waals surface area (Å²) in [5, 5.41) is 13.9. The lowest BCUT2D eigenvalue weighted by molar-refractivity contribution is -0.384. The SMILES string of the molecule is CCOc1ccccc1NC(=O)/C=C/c1ccc(-c2ccccc2[N+](=O)[O-])o1. The summed E-state index contributed by atoms with van der Waals surface area (Å²) in [7, 11) is 0. The standard InChI is InChI=1S/C21H18N2O5/c1-2-27-20-10-6-4-8-17(20)22-21(24)14-12-15-11-13-19(28-15)16-7-3-5-9-18(16)23(25)26/h3-14H,2H2,1H3,(H,22,24)/b14-12+. The number of nitrogens with one attached hydrogen (secondary N) is 1. The van der Waals surface area contributed by atoms with E-state index in [0.717, 1.165) is 0 Å². The molecule has 0 aliphatic rings. The van der Waals surface area contributed by atoms with E-state index in [0.29, 0.717) is 35.1 Å². The maximum absolute atomic E-state index is 12.2. The molecular weight excluding hydrogens is 360 g/mol. The first-order valence-electron chi connectivity index (χ1n) is 8.63. The Morgan fingerprint density at radius 2 is 1.89 bits per heavy atom. The average Bonchev–Trinajstić information content (AvgIpc) is 3.17. The van der Waals surface area contributed by atoms with Crippen LogP contribution in [0.25, 0.3) is 17.4 Å². The number of hydrogen-bond acceptors (Lipinski definition) is 5. The number of amides is 1. The minimum Gasteiger partial charge on any atom is -0.492 e. The van der Waals surface area contributed by atoms with E-state index in [-0.39, 0.29) is 11.6 Å². The molecule has 7 nitrogen and oxygen atoms in total. The summed E-state index contributed by atoms with van der Waals surface area (Å²) in [6, 6.07) is 16.7. The van der Waals surface area contributed by atoms with Crippen LogP contribution in [-0.4, -0.2) is 17.4 Å². The Labute approximate surface area is 161 Å². The number of ether oxygens (including phenoxy) is 1. The molecule has 0 spiro atoms. The van der Waals surface area contributed by atoms with E-state index in [1.54, 1.807) is 48.5 Å².